The highest BCUT2D eigenvalue weighted by atomic mass is 127. The van der Waals surface area contributed by atoms with E-state index in [4.69, 9.17) is 0 Å². The Morgan fingerprint density at radius 3 is 2.29 bits per heavy atom. The Morgan fingerprint density at radius 2 is 1.88 bits per heavy atom. The molecule has 1 amide bonds. The molecule has 0 heterocycles. The van der Waals surface area contributed by atoms with Gasteiger partial charge in [-0.05, 0) is 18.1 Å². The molecule has 17 heavy (non-hydrogen) atoms. The van der Waals surface area contributed by atoms with Crippen LogP contribution < -0.4 is 5.32 Å². The first kappa shape index (κ1) is 14.1. The monoisotopic (exact) mass is 349 g/mol. The summed E-state index contributed by atoms with van der Waals surface area (Å²) in [5, 5.41) is 21.9. The Morgan fingerprint density at radius 1 is 1.35 bits per heavy atom. The number of rotatable bonds is 4. The van der Waals surface area contributed by atoms with Gasteiger partial charge in [-0.15, -0.1) is 0 Å². The second-order valence-electron chi connectivity index (χ2n) is 4.15. The van der Waals surface area contributed by atoms with Gasteiger partial charge < -0.3 is 15.5 Å². The topological polar surface area (TPSA) is 69.6 Å². The van der Waals surface area contributed by atoms with Crippen molar-refractivity contribution in [3.05, 3.63) is 23.8 Å². The van der Waals surface area contributed by atoms with E-state index in [-0.39, 0.29) is 23.1 Å². The first-order chi connectivity index (χ1) is 7.97. The normalized spacial score (nSPS) is 12.5. The number of hydrogen-bond donors (Lipinski definition) is 3. The minimum absolute atomic E-state index is 0.0158. The highest BCUT2D eigenvalue weighted by Gasteiger charge is 2.20. The van der Waals surface area contributed by atoms with Crippen LogP contribution in [0.1, 0.15) is 24.2 Å². The third kappa shape index (κ3) is 3.49. The molecule has 1 unspecified atom stereocenters. The van der Waals surface area contributed by atoms with Gasteiger partial charge in [-0.1, -0.05) is 42.5 Å². The average Bonchev–Trinajstić information content (AvgIpc) is 2.25. The van der Waals surface area contributed by atoms with E-state index in [1.165, 1.54) is 18.2 Å². The number of amides is 1. The summed E-state index contributed by atoms with van der Waals surface area (Å²) in [6.45, 7) is 4.02. The molecule has 1 aromatic carbocycles. The summed E-state index contributed by atoms with van der Waals surface area (Å²) in [6, 6.07) is 4.26. The smallest absolute Gasteiger partial charge is 0.259 e. The summed E-state index contributed by atoms with van der Waals surface area (Å²) in [5.74, 6) is -0.572. The van der Waals surface area contributed by atoms with Gasteiger partial charge in [0.25, 0.3) is 5.91 Å². The average molecular weight is 349 g/mol. The summed E-state index contributed by atoms with van der Waals surface area (Å²) in [5.41, 5.74) is -0.0667. The van der Waals surface area contributed by atoms with Gasteiger partial charge in [-0.3, -0.25) is 4.79 Å². The molecule has 0 aliphatic rings. The molecule has 0 aromatic heterocycles. The van der Waals surface area contributed by atoms with Gasteiger partial charge in [0, 0.05) is 10.5 Å². The number of benzene rings is 1. The fraction of sp³-hybridized carbons (Fsp3) is 0.417. The first-order valence-corrected chi connectivity index (χ1v) is 6.87. The lowest BCUT2D eigenvalue weighted by molar-refractivity contribution is 0.0926. The van der Waals surface area contributed by atoms with Crippen molar-refractivity contribution in [2.24, 2.45) is 5.92 Å². The third-order valence-corrected chi connectivity index (χ3v) is 3.48. The van der Waals surface area contributed by atoms with Crippen LogP contribution in [0.3, 0.4) is 0 Å². The molecule has 0 bridgehead atoms. The van der Waals surface area contributed by atoms with Crippen LogP contribution in [-0.4, -0.2) is 26.6 Å². The molecule has 0 aliphatic carbocycles. The predicted octanol–water partition coefficient (Wildman–Crippen LogP) is 2.29. The van der Waals surface area contributed by atoms with Gasteiger partial charge in [-0.2, -0.15) is 0 Å². The van der Waals surface area contributed by atoms with Crippen LogP contribution in [0.5, 0.6) is 11.5 Å². The fourth-order valence-corrected chi connectivity index (χ4v) is 2.62. The van der Waals surface area contributed by atoms with Gasteiger partial charge in [0.05, 0.1) is 0 Å². The van der Waals surface area contributed by atoms with Crippen molar-refractivity contribution in [1.82, 2.24) is 5.32 Å². The molecular formula is C12H16INO3. The number of carbonyl (C=O) groups excluding carboxylic acids is 1. The zero-order valence-electron chi connectivity index (χ0n) is 9.77. The number of alkyl halides is 1. The second kappa shape index (κ2) is 6.09. The molecule has 0 saturated heterocycles. The van der Waals surface area contributed by atoms with E-state index < -0.39 is 5.91 Å². The molecule has 0 spiro atoms. The SMILES string of the molecule is CC(C)C(CI)NC(=O)c1c(O)cccc1O. The summed E-state index contributed by atoms with van der Waals surface area (Å²) in [7, 11) is 0. The van der Waals surface area contributed by atoms with Gasteiger partial charge >= 0.3 is 0 Å². The molecule has 0 saturated carbocycles. The summed E-state index contributed by atoms with van der Waals surface area (Å²) in [6.07, 6.45) is 0. The molecule has 1 rings (SSSR count). The molecule has 1 aromatic rings. The van der Waals surface area contributed by atoms with Crippen LogP contribution in [0.4, 0.5) is 0 Å². The molecule has 5 heteroatoms. The Balaban J connectivity index is 2.90. The van der Waals surface area contributed by atoms with E-state index in [2.05, 4.69) is 27.9 Å². The van der Waals surface area contributed by atoms with Crippen molar-refractivity contribution in [2.75, 3.05) is 4.43 Å². The minimum Gasteiger partial charge on any atom is -0.507 e. The van der Waals surface area contributed by atoms with Gasteiger partial charge in [-0.25, -0.2) is 0 Å². The van der Waals surface area contributed by atoms with Crippen molar-refractivity contribution < 1.29 is 15.0 Å². The van der Waals surface area contributed by atoms with Crippen molar-refractivity contribution in [2.45, 2.75) is 19.9 Å². The first-order valence-electron chi connectivity index (χ1n) is 5.35. The number of aromatic hydroxyl groups is 2. The molecule has 4 nitrogen and oxygen atoms in total. The zero-order chi connectivity index (χ0) is 13.0. The van der Waals surface area contributed by atoms with E-state index in [9.17, 15) is 15.0 Å². The maximum atomic E-state index is 11.9. The molecule has 3 N–H and O–H groups in total. The van der Waals surface area contributed by atoms with Crippen molar-refractivity contribution in [3.63, 3.8) is 0 Å². The number of carbonyl (C=O) groups is 1. The van der Waals surface area contributed by atoms with E-state index in [1.807, 2.05) is 13.8 Å². The second-order valence-corrected chi connectivity index (χ2v) is 5.03. The Labute approximate surface area is 114 Å². The highest BCUT2D eigenvalue weighted by molar-refractivity contribution is 14.1. The number of halogens is 1. The lowest BCUT2D eigenvalue weighted by atomic mass is 10.1. The van der Waals surface area contributed by atoms with E-state index in [0.717, 1.165) is 4.43 Å². The van der Waals surface area contributed by atoms with E-state index >= 15 is 0 Å². The van der Waals surface area contributed by atoms with Crippen LogP contribution in [0, 0.1) is 5.92 Å². The number of phenolic OH excluding ortho intramolecular Hbond substituents is 2. The quantitative estimate of drug-likeness (QED) is 0.577. The van der Waals surface area contributed by atoms with Crippen molar-refractivity contribution in [1.29, 1.82) is 0 Å². The zero-order valence-corrected chi connectivity index (χ0v) is 11.9. The van der Waals surface area contributed by atoms with E-state index in [1.54, 1.807) is 0 Å². The maximum absolute atomic E-state index is 11.9. The molecule has 0 aliphatic heterocycles. The highest BCUT2D eigenvalue weighted by Crippen LogP contribution is 2.26. The van der Waals surface area contributed by atoms with Gasteiger partial charge in [0.2, 0.25) is 0 Å². The number of hydrogen-bond acceptors (Lipinski definition) is 3. The minimum atomic E-state index is -0.448. The number of nitrogens with one attached hydrogen (secondary N) is 1. The number of phenols is 2. The van der Waals surface area contributed by atoms with Crippen LogP contribution in [0.15, 0.2) is 18.2 Å². The summed E-state index contributed by atoms with van der Waals surface area (Å²) in [4.78, 5) is 11.9. The lowest BCUT2D eigenvalue weighted by Gasteiger charge is -2.20. The van der Waals surface area contributed by atoms with Crippen LogP contribution in [0.25, 0.3) is 0 Å². The van der Waals surface area contributed by atoms with Gasteiger partial charge in [0.1, 0.15) is 17.1 Å². The molecule has 0 fully saturated rings. The lowest BCUT2D eigenvalue weighted by Crippen LogP contribution is -2.39. The fourth-order valence-electron chi connectivity index (χ4n) is 1.38. The van der Waals surface area contributed by atoms with Gasteiger partial charge in [0.15, 0.2) is 0 Å². The Kier molecular flexibility index (Phi) is 5.04. The Bertz CT molecular complexity index is 386. The van der Waals surface area contributed by atoms with Crippen molar-refractivity contribution in [3.8, 4) is 11.5 Å². The summed E-state index contributed by atoms with van der Waals surface area (Å²) < 4.78 is 0.773. The Hall–Kier alpha value is -0.980. The maximum Gasteiger partial charge on any atom is 0.259 e. The predicted molar refractivity (Wildman–Crippen MR) is 74.8 cm³/mol. The molecule has 1 atom stereocenters. The molecule has 94 valence electrons. The third-order valence-electron chi connectivity index (χ3n) is 2.53. The van der Waals surface area contributed by atoms with Crippen LogP contribution in [0.2, 0.25) is 0 Å². The molecular weight excluding hydrogens is 333 g/mol. The standard InChI is InChI=1S/C12H16INO3/c1-7(2)8(6-13)14-12(17)11-9(15)4-3-5-10(11)16/h3-5,7-8,15-16H,6H2,1-2H3,(H,14,17). The van der Waals surface area contributed by atoms with Crippen LogP contribution >= 0.6 is 22.6 Å². The largest absolute Gasteiger partial charge is 0.507 e. The molecule has 0 radical (unpaired) electrons. The van der Waals surface area contributed by atoms with Crippen molar-refractivity contribution >= 4 is 28.5 Å². The van der Waals surface area contributed by atoms with Crippen LogP contribution in [-0.2, 0) is 0 Å². The summed E-state index contributed by atoms with van der Waals surface area (Å²) >= 11 is 2.20. The van der Waals surface area contributed by atoms with E-state index in [0.29, 0.717) is 5.92 Å².